The van der Waals surface area contributed by atoms with Crippen molar-refractivity contribution in [2.75, 3.05) is 0 Å². The fourth-order valence-corrected chi connectivity index (χ4v) is 1.67. The molecule has 0 saturated heterocycles. The molecule has 0 bridgehead atoms. The third kappa shape index (κ3) is 1.46. The third-order valence-electron chi connectivity index (χ3n) is 2.38. The minimum Gasteiger partial charge on any atom is -0.340 e. The number of imidazole rings is 1. The molecule has 1 N–H and O–H groups in total. The van der Waals surface area contributed by atoms with Gasteiger partial charge in [0.05, 0.1) is 12.1 Å². The van der Waals surface area contributed by atoms with Crippen LogP contribution in [0.4, 0.5) is 4.39 Å². The van der Waals surface area contributed by atoms with Gasteiger partial charge in [0.15, 0.2) is 5.82 Å². The SMILES string of the molecule is Fc1cccc2[nH]c(Cn3cccn3)nc12. The average molecular weight is 216 g/mol. The van der Waals surface area contributed by atoms with Gasteiger partial charge in [-0.1, -0.05) is 6.07 Å². The molecule has 1 aromatic carbocycles. The first-order valence-corrected chi connectivity index (χ1v) is 4.93. The molecule has 0 atom stereocenters. The van der Waals surface area contributed by atoms with E-state index < -0.39 is 0 Å². The molecule has 16 heavy (non-hydrogen) atoms. The molecule has 3 rings (SSSR count). The van der Waals surface area contributed by atoms with Gasteiger partial charge in [-0.15, -0.1) is 0 Å². The zero-order valence-electron chi connectivity index (χ0n) is 8.39. The summed E-state index contributed by atoms with van der Waals surface area (Å²) >= 11 is 0. The summed E-state index contributed by atoms with van der Waals surface area (Å²) in [5, 5.41) is 4.07. The van der Waals surface area contributed by atoms with Crippen LogP contribution in [-0.2, 0) is 6.54 Å². The Kier molecular flexibility index (Phi) is 1.96. The minimum absolute atomic E-state index is 0.305. The Morgan fingerprint density at radius 3 is 3.00 bits per heavy atom. The van der Waals surface area contributed by atoms with E-state index in [1.807, 2.05) is 12.3 Å². The van der Waals surface area contributed by atoms with Gasteiger partial charge in [0.2, 0.25) is 0 Å². The Bertz CT molecular complexity index is 612. The third-order valence-corrected chi connectivity index (χ3v) is 2.38. The molecule has 80 valence electrons. The summed E-state index contributed by atoms with van der Waals surface area (Å²) < 4.78 is 15.1. The van der Waals surface area contributed by atoms with Crippen LogP contribution in [-0.4, -0.2) is 19.7 Å². The first-order chi connectivity index (χ1) is 7.83. The van der Waals surface area contributed by atoms with Crippen LogP contribution < -0.4 is 0 Å². The maximum absolute atomic E-state index is 13.4. The van der Waals surface area contributed by atoms with Crippen molar-refractivity contribution in [2.45, 2.75) is 6.54 Å². The van der Waals surface area contributed by atoms with Gasteiger partial charge in [0, 0.05) is 12.4 Å². The highest BCUT2D eigenvalue weighted by atomic mass is 19.1. The van der Waals surface area contributed by atoms with E-state index in [0.717, 1.165) is 0 Å². The summed E-state index contributed by atoms with van der Waals surface area (Å²) in [5.41, 5.74) is 1.09. The van der Waals surface area contributed by atoms with Crippen molar-refractivity contribution in [1.82, 2.24) is 19.7 Å². The van der Waals surface area contributed by atoms with Crippen LogP contribution in [0.15, 0.2) is 36.7 Å². The van der Waals surface area contributed by atoms with Crippen LogP contribution in [0.3, 0.4) is 0 Å². The number of halogens is 1. The number of rotatable bonds is 2. The highest BCUT2D eigenvalue weighted by Gasteiger charge is 2.06. The second-order valence-corrected chi connectivity index (χ2v) is 3.52. The Labute approximate surface area is 90.7 Å². The summed E-state index contributed by atoms with van der Waals surface area (Å²) in [4.78, 5) is 7.26. The van der Waals surface area contributed by atoms with Gasteiger partial charge in [-0.3, -0.25) is 4.68 Å². The normalized spacial score (nSPS) is 11.1. The minimum atomic E-state index is -0.305. The van der Waals surface area contributed by atoms with E-state index in [1.165, 1.54) is 6.07 Å². The predicted molar refractivity (Wildman–Crippen MR) is 57.4 cm³/mol. The molecule has 0 unspecified atom stereocenters. The summed E-state index contributed by atoms with van der Waals surface area (Å²) in [7, 11) is 0. The highest BCUT2D eigenvalue weighted by Crippen LogP contribution is 2.15. The molecule has 5 heteroatoms. The van der Waals surface area contributed by atoms with Crippen molar-refractivity contribution < 1.29 is 4.39 Å². The lowest BCUT2D eigenvalue weighted by Gasteiger charge is -1.95. The zero-order valence-corrected chi connectivity index (χ0v) is 8.39. The topological polar surface area (TPSA) is 46.5 Å². The van der Waals surface area contributed by atoms with Crippen molar-refractivity contribution in [1.29, 1.82) is 0 Å². The molecule has 2 aromatic heterocycles. The standard InChI is InChI=1S/C11H9FN4/c12-8-3-1-4-9-11(8)15-10(14-9)7-16-6-2-5-13-16/h1-6H,7H2,(H,14,15). The summed E-state index contributed by atoms with van der Waals surface area (Å²) in [6.45, 7) is 0.515. The number of fused-ring (bicyclic) bond motifs is 1. The molecule has 0 fully saturated rings. The van der Waals surface area contributed by atoms with E-state index in [9.17, 15) is 4.39 Å². The number of aromatic nitrogens is 4. The lowest BCUT2D eigenvalue weighted by atomic mass is 10.3. The highest BCUT2D eigenvalue weighted by molar-refractivity contribution is 5.75. The molecular formula is C11H9FN4. The van der Waals surface area contributed by atoms with E-state index in [1.54, 1.807) is 23.0 Å². The van der Waals surface area contributed by atoms with Crippen molar-refractivity contribution in [3.05, 3.63) is 48.3 Å². The first-order valence-electron chi connectivity index (χ1n) is 4.93. The average Bonchev–Trinajstić information content (AvgIpc) is 2.88. The van der Waals surface area contributed by atoms with Crippen LogP contribution in [0, 0.1) is 5.82 Å². The molecule has 0 aliphatic carbocycles. The lowest BCUT2D eigenvalue weighted by molar-refractivity contribution is 0.634. The van der Waals surface area contributed by atoms with Crippen molar-refractivity contribution >= 4 is 11.0 Å². The van der Waals surface area contributed by atoms with Gasteiger partial charge < -0.3 is 4.98 Å². The van der Waals surface area contributed by atoms with Crippen molar-refractivity contribution in [3.8, 4) is 0 Å². The first kappa shape index (κ1) is 9.08. The Balaban J connectivity index is 2.02. The number of nitrogens with one attached hydrogen (secondary N) is 1. The molecule has 4 nitrogen and oxygen atoms in total. The van der Waals surface area contributed by atoms with E-state index in [4.69, 9.17) is 0 Å². The predicted octanol–water partition coefficient (Wildman–Crippen LogP) is 1.95. The van der Waals surface area contributed by atoms with Crippen LogP contribution in [0.1, 0.15) is 5.82 Å². The number of aromatic amines is 1. The second kappa shape index (κ2) is 3.44. The smallest absolute Gasteiger partial charge is 0.151 e. The van der Waals surface area contributed by atoms with Crippen LogP contribution in [0.25, 0.3) is 11.0 Å². The molecule has 0 aliphatic rings. The molecule has 0 radical (unpaired) electrons. The van der Waals surface area contributed by atoms with Crippen molar-refractivity contribution in [2.24, 2.45) is 0 Å². The monoisotopic (exact) mass is 216 g/mol. The fourth-order valence-electron chi connectivity index (χ4n) is 1.67. The van der Waals surface area contributed by atoms with Gasteiger partial charge in [-0.25, -0.2) is 9.37 Å². The maximum Gasteiger partial charge on any atom is 0.151 e. The van der Waals surface area contributed by atoms with Crippen LogP contribution >= 0.6 is 0 Å². The number of para-hydroxylation sites is 1. The molecule has 0 spiro atoms. The number of benzene rings is 1. The summed E-state index contributed by atoms with van der Waals surface area (Å²) in [6, 6.07) is 6.70. The van der Waals surface area contributed by atoms with Gasteiger partial charge >= 0.3 is 0 Å². The molecule has 3 aromatic rings. The Hall–Kier alpha value is -2.17. The Morgan fingerprint density at radius 1 is 1.31 bits per heavy atom. The van der Waals surface area contributed by atoms with E-state index in [-0.39, 0.29) is 5.82 Å². The fraction of sp³-hybridized carbons (Fsp3) is 0.0909. The van der Waals surface area contributed by atoms with E-state index in [0.29, 0.717) is 23.4 Å². The number of hydrogen-bond acceptors (Lipinski definition) is 2. The van der Waals surface area contributed by atoms with Gasteiger partial charge in [-0.05, 0) is 18.2 Å². The number of hydrogen-bond donors (Lipinski definition) is 1. The van der Waals surface area contributed by atoms with Crippen molar-refractivity contribution in [3.63, 3.8) is 0 Å². The molecular weight excluding hydrogens is 207 g/mol. The largest absolute Gasteiger partial charge is 0.340 e. The molecule has 0 saturated carbocycles. The summed E-state index contributed by atoms with van der Waals surface area (Å²) in [6.07, 6.45) is 3.53. The van der Waals surface area contributed by atoms with Gasteiger partial charge in [-0.2, -0.15) is 5.10 Å². The maximum atomic E-state index is 13.4. The summed E-state index contributed by atoms with van der Waals surface area (Å²) in [5.74, 6) is 0.393. The Morgan fingerprint density at radius 2 is 2.25 bits per heavy atom. The van der Waals surface area contributed by atoms with Crippen LogP contribution in [0.5, 0.6) is 0 Å². The second-order valence-electron chi connectivity index (χ2n) is 3.52. The molecule has 0 amide bonds. The van der Waals surface area contributed by atoms with Gasteiger partial charge in [0.1, 0.15) is 11.3 Å². The quantitative estimate of drug-likeness (QED) is 0.711. The van der Waals surface area contributed by atoms with Crippen LogP contribution in [0.2, 0.25) is 0 Å². The molecule has 2 heterocycles. The van der Waals surface area contributed by atoms with E-state index in [2.05, 4.69) is 15.1 Å². The zero-order chi connectivity index (χ0) is 11.0. The van der Waals surface area contributed by atoms with Gasteiger partial charge in [0.25, 0.3) is 0 Å². The van der Waals surface area contributed by atoms with E-state index >= 15 is 0 Å². The number of H-pyrrole nitrogens is 1. The molecule has 0 aliphatic heterocycles. The lowest BCUT2D eigenvalue weighted by Crippen LogP contribution is -2.01. The number of nitrogens with zero attached hydrogens (tertiary/aromatic N) is 3.